The van der Waals surface area contributed by atoms with E-state index in [-0.39, 0.29) is 23.7 Å². The number of hydrogen-bond acceptors (Lipinski definition) is 5. The molecule has 148 valence electrons. The normalized spacial score (nSPS) is 10.8. The minimum atomic E-state index is -0.601. The molecule has 0 unspecified atom stereocenters. The number of benzene rings is 3. The third-order valence-corrected chi connectivity index (χ3v) is 4.26. The largest absolute Gasteiger partial charge is 0.508 e. The summed E-state index contributed by atoms with van der Waals surface area (Å²) in [6.07, 6.45) is 1.39. The summed E-state index contributed by atoms with van der Waals surface area (Å²) in [7, 11) is 0. The molecule has 0 aliphatic heterocycles. The molecular formula is C21H16Cl2N2O4. The lowest BCUT2D eigenvalue weighted by Crippen LogP contribution is -2.17. The number of phenolic OH excluding ortho intramolecular Hbond substituents is 2. The number of halogens is 2. The molecule has 0 aliphatic carbocycles. The van der Waals surface area contributed by atoms with Gasteiger partial charge in [-0.05, 0) is 48.0 Å². The van der Waals surface area contributed by atoms with Gasteiger partial charge >= 0.3 is 0 Å². The van der Waals surface area contributed by atoms with E-state index in [1.165, 1.54) is 18.3 Å². The first-order chi connectivity index (χ1) is 13.9. The van der Waals surface area contributed by atoms with Gasteiger partial charge in [-0.1, -0.05) is 35.3 Å². The van der Waals surface area contributed by atoms with Gasteiger partial charge in [-0.3, -0.25) is 4.79 Å². The van der Waals surface area contributed by atoms with Crippen molar-refractivity contribution >= 4 is 35.3 Å². The van der Waals surface area contributed by atoms with Crippen molar-refractivity contribution in [2.45, 2.75) is 6.61 Å². The smallest absolute Gasteiger partial charge is 0.271 e. The Bertz CT molecular complexity index is 1050. The summed E-state index contributed by atoms with van der Waals surface area (Å²) in [5.41, 5.74) is 3.83. The van der Waals surface area contributed by atoms with E-state index in [9.17, 15) is 15.0 Å². The van der Waals surface area contributed by atoms with Crippen LogP contribution < -0.4 is 10.2 Å². The summed E-state index contributed by atoms with van der Waals surface area (Å²) in [5.74, 6) is -0.547. The SMILES string of the molecule is O=C(N/N=C/c1cc(Cl)ccc1OCc1cccc(Cl)c1)c1cc(O)cc(O)c1. The van der Waals surface area contributed by atoms with E-state index in [4.69, 9.17) is 27.9 Å². The van der Waals surface area contributed by atoms with E-state index in [0.29, 0.717) is 21.4 Å². The Morgan fingerprint density at radius 3 is 2.45 bits per heavy atom. The molecule has 3 aromatic carbocycles. The summed E-state index contributed by atoms with van der Waals surface area (Å²) >= 11 is 12.0. The first-order valence-corrected chi connectivity index (χ1v) is 9.19. The highest BCUT2D eigenvalue weighted by molar-refractivity contribution is 6.31. The lowest BCUT2D eigenvalue weighted by molar-refractivity contribution is 0.0954. The summed E-state index contributed by atoms with van der Waals surface area (Å²) in [4.78, 5) is 12.1. The molecule has 0 radical (unpaired) electrons. The average molecular weight is 431 g/mol. The molecule has 3 N–H and O–H groups in total. The van der Waals surface area contributed by atoms with Gasteiger partial charge in [0.15, 0.2) is 0 Å². The molecule has 0 heterocycles. The molecule has 0 spiro atoms. The fraction of sp³-hybridized carbons (Fsp3) is 0.0476. The molecule has 0 bridgehead atoms. The minimum Gasteiger partial charge on any atom is -0.508 e. The Kier molecular flexibility index (Phi) is 6.59. The van der Waals surface area contributed by atoms with Crippen LogP contribution in [0.2, 0.25) is 10.0 Å². The highest BCUT2D eigenvalue weighted by atomic mass is 35.5. The van der Waals surface area contributed by atoms with Crippen LogP contribution in [0.25, 0.3) is 0 Å². The topological polar surface area (TPSA) is 91.2 Å². The van der Waals surface area contributed by atoms with Crippen molar-refractivity contribution in [3.05, 3.63) is 87.4 Å². The highest BCUT2D eigenvalue weighted by Crippen LogP contribution is 2.23. The van der Waals surface area contributed by atoms with E-state index in [1.54, 1.807) is 30.3 Å². The lowest BCUT2D eigenvalue weighted by Gasteiger charge is -2.10. The van der Waals surface area contributed by atoms with Crippen molar-refractivity contribution in [1.29, 1.82) is 0 Å². The predicted molar refractivity (Wildman–Crippen MR) is 112 cm³/mol. The number of amides is 1. The van der Waals surface area contributed by atoms with Crippen LogP contribution in [0, 0.1) is 0 Å². The molecule has 0 saturated heterocycles. The molecule has 1 amide bonds. The Balaban J connectivity index is 1.71. The van der Waals surface area contributed by atoms with Gasteiger partial charge in [0.25, 0.3) is 5.91 Å². The van der Waals surface area contributed by atoms with Gasteiger partial charge in [0.1, 0.15) is 23.9 Å². The van der Waals surface area contributed by atoms with E-state index < -0.39 is 5.91 Å². The Morgan fingerprint density at radius 1 is 1.00 bits per heavy atom. The van der Waals surface area contributed by atoms with Crippen molar-refractivity contribution in [2.75, 3.05) is 0 Å². The van der Waals surface area contributed by atoms with Crippen LogP contribution in [0.15, 0.2) is 65.8 Å². The molecule has 0 atom stereocenters. The second kappa shape index (κ2) is 9.32. The summed E-state index contributed by atoms with van der Waals surface area (Å²) in [6, 6.07) is 15.9. The van der Waals surface area contributed by atoms with Crippen molar-refractivity contribution in [1.82, 2.24) is 5.43 Å². The quantitative estimate of drug-likeness (QED) is 0.388. The summed E-state index contributed by atoms with van der Waals surface area (Å²) < 4.78 is 5.82. The molecule has 0 saturated carbocycles. The van der Waals surface area contributed by atoms with E-state index in [0.717, 1.165) is 11.6 Å². The zero-order valence-electron chi connectivity index (χ0n) is 15.0. The van der Waals surface area contributed by atoms with E-state index in [2.05, 4.69) is 10.5 Å². The zero-order valence-corrected chi connectivity index (χ0v) is 16.5. The molecule has 0 fully saturated rings. The first kappa shape index (κ1) is 20.5. The molecule has 8 heteroatoms. The third-order valence-electron chi connectivity index (χ3n) is 3.79. The Morgan fingerprint density at radius 2 is 1.72 bits per heavy atom. The maximum absolute atomic E-state index is 12.1. The first-order valence-electron chi connectivity index (χ1n) is 8.44. The molecule has 3 rings (SSSR count). The van der Waals surface area contributed by atoms with E-state index >= 15 is 0 Å². The molecule has 6 nitrogen and oxygen atoms in total. The van der Waals surface area contributed by atoms with Crippen molar-refractivity contribution in [3.8, 4) is 17.2 Å². The number of ether oxygens (including phenoxy) is 1. The minimum absolute atomic E-state index is 0.0585. The second-order valence-electron chi connectivity index (χ2n) is 6.04. The van der Waals surface area contributed by atoms with Gasteiger partial charge in [0.05, 0.1) is 6.21 Å². The van der Waals surface area contributed by atoms with E-state index in [1.807, 2.05) is 12.1 Å². The van der Waals surface area contributed by atoms with Gasteiger partial charge in [0, 0.05) is 27.2 Å². The average Bonchev–Trinajstić information content (AvgIpc) is 2.66. The lowest BCUT2D eigenvalue weighted by atomic mass is 10.2. The number of rotatable bonds is 6. The van der Waals surface area contributed by atoms with Crippen molar-refractivity contribution in [2.24, 2.45) is 5.10 Å². The van der Waals surface area contributed by atoms with Crippen LogP contribution in [0.1, 0.15) is 21.5 Å². The molecular weight excluding hydrogens is 415 g/mol. The van der Waals surface area contributed by atoms with Crippen LogP contribution in [0.3, 0.4) is 0 Å². The molecule has 29 heavy (non-hydrogen) atoms. The van der Waals surface area contributed by atoms with Crippen LogP contribution in [-0.4, -0.2) is 22.3 Å². The number of nitrogens with one attached hydrogen (secondary N) is 1. The number of hydrogen-bond donors (Lipinski definition) is 3. The standard InChI is InChI=1S/C21H16Cl2N2O4/c22-16-3-1-2-13(6-16)12-29-20-5-4-17(23)7-15(20)11-24-25-21(28)14-8-18(26)10-19(27)9-14/h1-11,26-27H,12H2,(H,25,28)/b24-11+. The van der Waals surface area contributed by atoms with Gasteiger partial charge in [-0.15, -0.1) is 0 Å². The summed E-state index contributed by atoms with van der Waals surface area (Å²) in [5, 5.41) is 23.9. The predicted octanol–water partition coefficient (Wildman–Crippen LogP) is 4.75. The van der Waals surface area contributed by atoms with Gasteiger partial charge in [-0.25, -0.2) is 5.43 Å². The number of hydrazone groups is 1. The maximum Gasteiger partial charge on any atom is 0.271 e. The van der Waals surface area contributed by atoms with Crippen molar-refractivity contribution < 1.29 is 19.7 Å². The van der Waals surface area contributed by atoms with Crippen LogP contribution in [0.5, 0.6) is 17.2 Å². The fourth-order valence-corrected chi connectivity index (χ4v) is 2.88. The number of carbonyl (C=O) groups excluding carboxylic acids is 1. The third kappa shape index (κ3) is 5.88. The molecule has 3 aromatic rings. The van der Waals surface area contributed by atoms with Crippen LogP contribution >= 0.6 is 23.2 Å². The number of nitrogens with zero attached hydrogens (tertiary/aromatic N) is 1. The van der Waals surface area contributed by atoms with Gasteiger partial charge in [-0.2, -0.15) is 5.10 Å². The molecule has 0 aliphatic rings. The van der Waals surface area contributed by atoms with Gasteiger partial charge < -0.3 is 14.9 Å². The number of phenols is 2. The van der Waals surface area contributed by atoms with Crippen LogP contribution in [0.4, 0.5) is 0 Å². The summed E-state index contributed by atoms with van der Waals surface area (Å²) in [6.45, 7) is 0.290. The molecule has 0 aromatic heterocycles. The van der Waals surface area contributed by atoms with Gasteiger partial charge in [0.2, 0.25) is 0 Å². The Hall–Kier alpha value is -3.22. The van der Waals surface area contributed by atoms with Crippen LogP contribution in [-0.2, 0) is 6.61 Å². The second-order valence-corrected chi connectivity index (χ2v) is 6.91. The Labute approximate surface area is 177 Å². The van der Waals surface area contributed by atoms with Crippen molar-refractivity contribution in [3.63, 3.8) is 0 Å². The zero-order chi connectivity index (χ0) is 20.8. The monoisotopic (exact) mass is 430 g/mol. The highest BCUT2D eigenvalue weighted by Gasteiger charge is 2.08. The number of aromatic hydroxyl groups is 2. The number of carbonyl (C=O) groups is 1. The maximum atomic E-state index is 12.1. The fourth-order valence-electron chi connectivity index (χ4n) is 2.49.